The molecule has 1 N–H and O–H groups in total. The first-order valence-corrected chi connectivity index (χ1v) is 7.90. The van der Waals surface area contributed by atoms with Crippen LogP contribution in [0, 0.1) is 0 Å². The van der Waals surface area contributed by atoms with Crippen molar-refractivity contribution in [2.45, 2.75) is 25.8 Å². The summed E-state index contributed by atoms with van der Waals surface area (Å²) in [5, 5.41) is 3.19. The third-order valence-corrected chi connectivity index (χ3v) is 4.19. The van der Waals surface area contributed by atoms with Crippen molar-refractivity contribution in [3.8, 4) is 11.1 Å². The Labute approximate surface area is 137 Å². The van der Waals surface area contributed by atoms with Crippen LogP contribution in [0.3, 0.4) is 0 Å². The van der Waals surface area contributed by atoms with E-state index in [1.54, 1.807) is 6.92 Å². The van der Waals surface area contributed by atoms with Gasteiger partial charge in [0, 0.05) is 6.92 Å². The highest BCUT2D eigenvalue weighted by molar-refractivity contribution is 5.77. The number of benzene rings is 2. The van der Waals surface area contributed by atoms with Crippen LogP contribution in [0.4, 0.5) is 0 Å². The number of rotatable bonds is 3. The van der Waals surface area contributed by atoms with Crippen molar-refractivity contribution in [2.75, 3.05) is 0 Å². The van der Waals surface area contributed by atoms with Gasteiger partial charge in [-0.25, -0.2) is 0 Å². The minimum atomic E-state index is -0.489. The van der Waals surface area contributed by atoms with Gasteiger partial charge in [-0.2, -0.15) is 0 Å². The molecule has 1 atom stereocenters. The Morgan fingerprint density at radius 1 is 1.04 bits per heavy atom. The summed E-state index contributed by atoms with van der Waals surface area (Å²) in [7, 11) is 0. The summed E-state index contributed by atoms with van der Waals surface area (Å²) in [6.07, 6.45) is 7.15. The van der Waals surface area contributed by atoms with E-state index >= 15 is 0 Å². The van der Waals surface area contributed by atoms with Crippen LogP contribution in [0.25, 0.3) is 11.1 Å². The number of amides is 1. The monoisotopic (exact) mass is 303 g/mol. The van der Waals surface area contributed by atoms with Gasteiger partial charge in [-0.05, 0) is 30.0 Å². The average molecular weight is 303 g/mol. The van der Waals surface area contributed by atoms with Crippen molar-refractivity contribution in [1.82, 2.24) is 5.32 Å². The zero-order valence-electron chi connectivity index (χ0n) is 13.5. The molecular formula is C21H21NO. The summed E-state index contributed by atoms with van der Waals surface area (Å²) < 4.78 is 0. The number of hydrogen-bond donors (Lipinski definition) is 1. The molecule has 0 saturated carbocycles. The lowest BCUT2D eigenvalue weighted by molar-refractivity contribution is -0.120. The molecule has 0 bridgehead atoms. The molecule has 0 aliphatic heterocycles. The number of carbonyl (C=O) groups excluding carboxylic acids is 1. The fraction of sp³-hybridized carbons (Fsp3) is 0.190. The first-order valence-electron chi connectivity index (χ1n) is 7.90. The van der Waals surface area contributed by atoms with E-state index in [0.29, 0.717) is 0 Å². The van der Waals surface area contributed by atoms with Gasteiger partial charge in [-0.3, -0.25) is 4.79 Å². The largest absolute Gasteiger partial charge is 0.343 e. The molecule has 0 radical (unpaired) electrons. The van der Waals surface area contributed by atoms with Gasteiger partial charge >= 0.3 is 0 Å². The second-order valence-corrected chi connectivity index (χ2v) is 6.06. The summed E-state index contributed by atoms with van der Waals surface area (Å²) in [4.78, 5) is 11.9. The second kappa shape index (κ2) is 6.25. The van der Waals surface area contributed by atoms with Crippen molar-refractivity contribution < 1.29 is 4.79 Å². The fourth-order valence-electron chi connectivity index (χ4n) is 3.32. The summed E-state index contributed by atoms with van der Waals surface area (Å²) in [6.45, 7) is 3.64. The summed E-state index contributed by atoms with van der Waals surface area (Å²) >= 11 is 0. The molecule has 23 heavy (non-hydrogen) atoms. The summed E-state index contributed by atoms with van der Waals surface area (Å²) in [6, 6.07) is 18.6. The first kappa shape index (κ1) is 15.3. The molecule has 0 spiro atoms. The van der Waals surface area contributed by atoms with Crippen LogP contribution < -0.4 is 5.32 Å². The second-order valence-electron chi connectivity index (χ2n) is 6.06. The molecule has 1 unspecified atom stereocenters. The van der Waals surface area contributed by atoms with Crippen molar-refractivity contribution >= 4 is 5.91 Å². The minimum absolute atomic E-state index is 0.0211. The number of carbonyl (C=O) groups is 1. The summed E-state index contributed by atoms with van der Waals surface area (Å²) in [5.41, 5.74) is 4.12. The molecule has 0 heterocycles. The van der Waals surface area contributed by atoms with Gasteiger partial charge in [0.15, 0.2) is 0 Å². The van der Waals surface area contributed by atoms with Crippen molar-refractivity contribution in [3.63, 3.8) is 0 Å². The zero-order valence-corrected chi connectivity index (χ0v) is 13.5. The van der Waals surface area contributed by atoms with Gasteiger partial charge in [0.05, 0.1) is 5.54 Å². The molecule has 1 aliphatic carbocycles. The van der Waals surface area contributed by atoms with Crippen molar-refractivity contribution in [1.29, 1.82) is 0 Å². The molecule has 2 heteroatoms. The Balaban J connectivity index is 2.19. The first-order chi connectivity index (χ1) is 11.1. The van der Waals surface area contributed by atoms with Gasteiger partial charge in [-0.15, -0.1) is 0 Å². The summed E-state index contributed by atoms with van der Waals surface area (Å²) in [5.74, 6) is -0.0211. The van der Waals surface area contributed by atoms with Crippen LogP contribution in [-0.2, 0) is 10.3 Å². The normalized spacial score (nSPS) is 20.0. The Kier molecular flexibility index (Phi) is 4.16. The lowest BCUT2D eigenvalue weighted by Crippen LogP contribution is -2.44. The van der Waals surface area contributed by atoms with Crippen LogP contribution in [0.2, 0.25) is 0 Å². The Morgan fingerprint density at radius 3 is 2.43 bits per heavy atom. The third kappa shape index (κ3) is 3.11. The predicted octanol–water partition coefficient (Wildman–Crippen LogP) is 4.59. The average Bonchev–Trinajstić information content (AvgIpc) is 2.55. The number of hydrogen-bond acceptors (Lipinski definition) is 1. The molecule has 2 aromatic carbocycles. The Morgan fingerprint density at radius 2 is 1.74 bits per heavy atom. The molecule has 0 fully saturated rings. The van der Waals surface area contributed by atoms with E-state index in [1.807, 2.05) is 30.3 Å². The highest BCUT2D eigenvalue weighted by Gasteiger charge is 2.33. The van der Waals surface area contributed by atoms with E-state index in [0.717, 1.165) is 28.7 Å². The van der Waals surface area contributed by atoms with Gasteiger partial charge < -0.3 is 5.32 Å². The van der Waals surface area contributed by atoms with Crippen LogP contribution >= 0.6 is 0 Å². The zero-order chi connectivity index (χ0) is 16.3. The van der Waals surface area contributed by atoms with Gasteiger partial charge in [0.2, 0.25) is 5.91 Å². The molecular weight excluding hydrogens is 282 g/mol. The standard InChI is InChI=1S/C21H21NO/c1-16-9-8-14-21(15-16,22-17(2)23)20-13-7-6-12-19(20)18-10-4-3-5-11-18/h3-13,15H,14H2,1-2H3,(H,22,23). The maximum atomic E-state index is 11.9. The van der Waals surface area contributed by atoms with E-state index in [1.165, 1.54) is 0 Å². The van der Waals surface area contributed by atoms with E-state index in [2.05, 4.69) is 54.7 Å². The van der Waals surface area contributed by atoms with Crippen LogP contribution in [0.15, 0.2) is 78.4 Å². The van der Waals surface area contributed by atoms with E-state index < -0.39 is 5.54 Å². The number of nitrogens with one attached hydrogen (secondary N) is 1. The van der Waals surface area contributed by atoms with Crippen LogP contribution in [0.1, 0.15) is 25.8 Å². The minimum Gasteiger partial charge on any atom is -0.343 e. The molecule has 2 nitrogen and oxygen atoms in total. The van der Waals surface area contributed by atoms with Gasteiger partial charge in [-0.1, -0.05) is 78.4 Å². The highest BCUT2D eigenvalue weighted by atomic mass is 16.1. The maximum absolute atomic E-state index is 11.9. The van der Waals surface area contributed by atoms with E-state index in [-0.39, 0.29) is 5.91 Å². The fourth-order valence-corrected chi connectivity index (χ4v) is 3.32. The lowest BCUT2D eigenvalue weighted by atomic mass is 9.78. The topological polar surface area (TPSA) is 29.1 Å². The smallest absolute Gasteiger partial charge is 0.217 e. The molecule has 2 aromatic rings. The van der Waals surface area contributed by atoms with Gasteiger partial charge in [0.1, 0.15) is 0 Å². The van der Waals surface area contributed by atoms with E-state index in [9.17, 15) is 4.79 Å². The van der Waals surface area contributed by atoms with Crippen molar-refractivity contribution in [2.24, 2.45) is 0 Å². The SMILES string of the molecule is CC(=O)NC1(c2ccccc2-c2ccccc2)C=C(C)C=CC1. The van der Waals surface area contributed by atoms with Crippen molar-refractivity contribution in [3.05, 3.63) is 84.0 Å². The molecule has 1 amide bonds. The Bertz CT molecular complexity index is 773. The lowest BCUT2D eigenvalue weighted by Gasteiger charge is -2.35. The third-order valence-electron chi connectivity index (χ3n) is 4.19. The van der Waals surface area contributed by atoms with E-state index in [4.69, 9.17) is 0 Å². The van der Waals surface area contributed by atoms with Gasteiger partial charge in [0.25, 0.3) is 0 Å². The Hall–Kier alpha value is -2.61. The molecule has 0 saturated heterocycles. The maximum Gasteiger partial charge on any atom is 0.217 e. The quantitative estimate of drug-likeness (QED) is 0.882. The molecule has 0 aromatic heterocycles. The number of allylic oxidation sites excluding steroid dienone is 2. The highest BCUT2D eigenvalue weighted by Crippen LogP contribution is 2.38. The predicted molar refractivity (Wildman–Crippen MR) is 94.9 cm³/mol. The van der Waals surface area contributed by atoms with Crippen LogP contribution in [-0.4, -0.2) is 5.91 Å². The molecule has 1 aliphatic rings. The molecule has 116 valence electrons. The van der Waals surface area contributed by atoms with Crippen LogP contribution in [0.5, 0.6) is 0 Å². The molecule has 3 rings (SSSR count).